The maximum atomic E-state index is 9.45. The van der Waals surface area contributed by atoms with Crippen LogP contribution in [-0.4, -0.2) is 25.9 Å². The Morgan fingerprint density at radius 2 is 1.92 bits per heavy atom. The van der Waals surface area contributed by atoms with E-state index in [1.165, 1.54) is 5.56 Å². The Labute approximate surface area is 145 Å². The van der Waals surface area contributed by atoms with Crippen molar-refractivity contribution in [3.05, 3.63) is 71.8 Å². The van der Waals surface area contributed by atoms with Crippen LogP contribution in [0.1, 0.15) is 29.2 Å². The van der Waals surface area contributed by atoms with Crippen molar-refractivity contribution < 1.29 is 5.21 Å². The number of rotatable bonds is 2. The molecule has 3 N–H and O–H groups in total. The number of hydrogen-bond acceptors (Lipinski definition) is 6. The van der Waals surface area contributed by atoms with E-state index in [1.807, 2.05) is 30.5 Å². The van der Waals surface area contributed by atoms with Gasteiger partial charge in [0.25, 0.3) is 0 Å². The second-order valence-corrected chi connectivity index (χ2v) is 6.07. The van der Waals surface area contributed by atoms with Crippen LogP contribution >= 0.6 is 0 Å². The molecule has 1 aromatic carbocycles. The largest absolute Gasteiger partial charge is 0.411 e. The average Bonchev–Trinajstić information content (AvgIpc) is 2.67. The van der Waals surface area contributed by atoms with E-state index in [4.69, 9.17) is 5.73 Å². The maximum Gasteiger partial charge on any atom is 0.220 e. The summed E-state index contributed by atoms with van der Waals surface area (Å²) in [5, 5.41) is 12.9. The molecule has 1 unspecified atom stereocenters. The molecule has 0 bridgehead atoms. The van der Waals surface area contributed by atoms with Crippen LogP contribution in [0.2, 0.25) is 0 Å². The van der Waals surface area contributed by atoms with E-state index in [0.29, 0.717) is 12.1 Å². The highest BCUT2D eigenvalue weighted by Crippen LogP contribution is 2.37. The minimum absolute atomic E-state index is 0.143. The first-order valence-electron chi connectivity index (χ1n) is 8.08. The minimum Gasteiger partial charge on any atom is -0.411 e. The Kier molecular flexibility index (Phi) is 3.85. The molecule has 1 aliphatic rings. The summed E-state index contributed by atoms with van der Waals surface area (Å²) in [6.45, 7) is 0. The lowest BCUT2D eigenvalue weighted by Crippen LogP contribution is -2.22. The van der Waals surface area contributed by atoms with Crippen LogP contribution in [0.4, 0.5) is 5.95 Å². The Morgan fingerprint density at radius 3 is 2.72 bits per heavy atom. The fourth-order valence-corrected chi connectivity index (χ4v) is 3.43. The Hall–Kier alpha value is -3.28. The number of aromatic nitrogens is 3. The fourth-order valence-electron chi connectivity index (χ4n) is 3.43. The summed E-state index contributed by atoms with van der Waals surface area (Å²) in [4.78, 5) is 12.6. The summed E-state index contributed by atoms with van der Waals surface area (Å²) in [5.74, 6) is 0.376. The monoisotopic (exact) mass is 331 g/mol. The first-order valence-corrected chi connectivity index (χ1v) is 8.08. The highest BCUT2D eigenvalue weighted by Gasteiger charge is 2.28. The molecule has 25 heavy (non-hydrogen) atoms. The number of anilines is 1. The molecule has 3 aromatic rings. The molecule has 124 valence electrons. The molecule has 0 saturated carbocycles. The summed E-state index contributed by atoms with van der Waals surface area (Å²) >= 11 is 0. The van der Waals surface area contributed by atoms with Gasteiger partial charge in [0.05, 0.1) is 11.4 Å². The predicted molar refractivity (Wildman–Crippen MR) is 95.5 cm³/mol. The molecule has 0 radical (unpaired) electrons. The standard InChI is InChI=1S/C19H17N5O/c20-19-22-11-16-17(23-19)8-13(9-18(16)24-25)15-6-2-1-5-14(15)12-4-3-7-21-10-12/h1-7,10-11,13,25H,8-9H2,(H2,20,22,23). The van der Waals surface area contributed by atoms with E-state index in [-0.39, 0.29) is 11.9 Å². The van der Waals surface area contributed by atoms with Gasteiger partial charge in [-0.2, -0.15) is 0 Å². The van der Waals surface area contributed by atoms with Gasteiger partial charge in [-0.3, -0.25) is 4.98 Å². The highest BCUT2D eigenvalue weighted by molar-refractivity contribution is 6.02. The SMILES string of the molecule is Nc1ncc2c(n1)CC(c1ccccc1-c1cccnc1)CC2=NO. The zero-order valence-corrected chi connectivity index (χ0v) is 13.5. The van der Waals surface area contributed by atoms with Crippen LogP contribution in [0.15, 0.2) is 60.1 Å². The van der Waals surface area contributed by atoms with Gasteiger partial charge in [0.2, 0.25) is 5.95 Å². The third-order valence-corrected chi connectivity index (χ3v) is 4.57. The fraction of sp³-hybridized carbons (Fsp3) is 0.158. The molecule has 0 spiro atoms. The third kappa shape index (κ3) is 2.82. The van der Waals surface area contributed by atoms with Crippen LogP contribution in [0.5, 0.6) is 0 Å². The molecule has 0 saturated heterocycles. The molecule has 2 aromatic heterocycles. The number of nitrogens with two attached hydrogens (primary N) is 1. The van der Waals surface area contributed by atoms with Crippen molar-refractivity contribution in [1.29, 1.82) is 0 Å². The van der Waals surface area contributed by atoms with Gasteiger partial charge in [-0.1, -0.05) is 35.5 Å². The van der Waals surface area contributed by atoms with E-state index in [2.05, 4.69) is 32.2 Å². The number of oxime groups is 1. The zero-order valence-electron chi connectivity index (χ0n) is 13.5. The number of benzene rings is 1. The highest BCUT2D eigenvalue weighted by atomic mass is 16.4. The molecule has 0 aliphatic heterocycles. The normalized spacial score (nSPS) is 18.1. The van der Waals surface area contributed by atoms with Gasteiger partial charge < -0.3 is 10.9 Å². The number of nitrogens with zero attached hydrogens (tertiary/aromatic N) is 4. The quantitative estimate of drug-likeness (QED) is 0.555. The summed E-state index contributed by atoms with van der Waals surface area (Å²) in [7, 11) is 0. The molecule has 0 fully saturated rings. The van der Waals surface area contributed by atoms with Crippen LogP contribution in [-0.2, 0) is 6.42 Å². The summed E-state index contributed by atoms with van der Waals surface area (Å²) in [6, 6.07) is 12.2. The van der Waals surface area contributed by atoms with E-state index < -0.39 is 0 Å². The first kappa shape index (κ1) is 15.3. The summed E-state index contributed by atoms with van der Waals surface area (Å²) in [5.41, 5.74) is 11.3. The maximum absolute atomic E-state index is 9.45. The van der Waals surface area contributed by atoms with Gasteiger partial charge in [-0.05, 0) is 29.5 Å². The molecule has 1 aliphatic carbocycles. The van der Waals surface area contributed by atoms with Crippen LogP contribution in [0.25, 0.3) is 11.1 Å². The molecule has 0 amide bonds. The van der Waals surface area contributed by atoms with Crippen molar-refractivity contribution in [2.24, 2.45) is 5.16 Å². The number of pyridine rings is 1. The van der Waals surface area contributed by atoms with Gasteiger partial charge in [0.1, 0.15) is 0 Å². The van der Waals surface area contributed by atoms with Crippen LogP contribution in [0, 0.1) is 0 Å². The lowest BCUT2D eigenvalue weighted by atomic mass is 9.79. The molecule has 6 heteroatoms. The van der Waals surface area contributed by atoms with Gasteiger partial charge in [-0.25, -0.2) is 9.97 Å². The number of fused-ring (bicyclic) bond motifs is 1. The Morgan fingerprint density at radius 1 is 1.04 bits per heavy atom. The van der Waals surface area contributed by atoms with Gasteiger partial charge in [0, 0.05) is 36.1 Å². The number of nitrogen functional groups attached to an aromatic ring is 1. The first-order chi connectivity index (χ1) is 12.3. The number of hydrogen-bond donors (Lipinski definition) is 2. The lowest BCUT2D eigenvalue weighted by Gasteiger charge is -2.26. The zero-order chi connectivity index (χ0) is 17.2. The van der Waals surface area contributed by atoms with Crippen molar-refractivity contribution in [2.75, 3.05) is 5.73 Å². The predicted octanol–water partition coefficient (Wildman–Crippen LogP) is 3.03. The smallest absolute Gasteiger partial charge is 0.220 e. The summed E-state index contributed by atoms with van der Waals surface area (Å²) in [6.07, 6.45) is 6.60. The average molecular weight is 331 g/mol. The Bertz CT molecular complexity index is 940. The van der Waals surface area contributed by atoms with Crippen LogP contribution < -0.4 is 5.73 Å². The molecule has 6 nitrogen and oxygen atoms in total. The van der Waals surface area contributed by atoms with Crippen molar-refractivity contribution in [3.8, 4) is 11.1 Å². The van der Waals surface area contributed by atoms with Crippen molar-refractivity contribution in [2.45, 2.75) is 18.8 Å². The van der Waals surface area contributed by atoms with Crippen LogP contribution in [0.3, 0.4) is 0 Å². The van der Waals surface area contributed by atoms with Crippen molar-refractivity contribution in [3.63, 3.8) is 0 Å². The third-order valence-electron chi connectivity index (χ3n) is 4.57. The minimum atomic E-state index is 0.143. The molecular weight excluding hydrogens is 314 g/mol. The van der Waals surface area contributed by atoms with Crippen molar-refractivity contribution >= 4 is 11.7 Å². The van der Waals surface area contributed by atoms with E-state index in [0.717, 1.165) is 28.8 Å². The van der Waals surface area contributed by atoms with E-state index in [9.17, 15) is 5.21 Å². The van der Waals surface area contributed by atoms with Crippen molar-refractivity contribution in [1.82, 2.24) is 15.0 Å². The van der Waals surface area contributed by atoms with Gasteiger partial charge >= 0.3 is 0 Å². The van der Waals surface area contributed by atoms with E-state index >= 15 is 0 Å². The molecule has 2 heterocycles. The molecule has 4 rings (SSSR count). The van der Waals surface area contributed by atoms with Gasteiger partial charge in [-0.15, -0.1) is 0 Å². The lowest BCUT2D eigenvalue weighted by molar-refractivity contribution is 0.316. The second kappa shape index (κ2) is 6.32. The summed E-state index contributed by atoms with van der Waals surface area (Å²) < 4.78 is 0. The molecular formula is C19H17N5O. The molecule has 1 atom stereocenters. The van der Waals surface area contributed by atoms with E-state index in [1.54, 1.807) is 12.4 Å². The van der Waals surface area contributed by atoms with Gasteiger partial charge in [0.15, 0.2) is 0 Å². The topological polar surface area (TPSA) is 97.3 Å². The Balaban J connectivity index is 1.79. The second-order valence-electron chi connectivity index (χ2n) is 6.07.